The van der Waals surface area contributed by atoms with E-state index in [1.54, 1.807) is 27.7 Å². The lowest BCUT2D eigenvalue weighted by atomic mass is 10.1. The average Bonchev–Trinajstić information content (AvgIpc) is 2.50. The molecular weight excluding hydrogens is 334 g/mol. The van der Waals surface area contributed by atoms with E-state index in [0.717, 1.165) is 12.1 Å². The SMILES string of the molecule is CCOc1cc([N+](=O)[O-])c(C(=O)OCC(=O)OC(C)(C)C)cc1OC. The Morgan fingerprint density at radius 3 is 2.32 bits per heavy atom. The van der Waals surface area contributed by atoms with Gasteiger partial charge in [-0.2, -0.15) is 0 Å². The maximum atomic E-state index is 12.1. The number of rotatable bonds is 7. The molecule has 25 heavy (non-hydrogen) atoms. The van der Waals surface area contributed by atoms with Crippen LogP contribution in [0.2, 0.25) is 0 Å². The molecule has 0 fully saturated rings. The highest BCUT2D eigenvalue weighted by Gasteiger charge is 2.27. The number of ether oxygens (including phenoxy) is 4. The van der Waals surface area contributed by atoms with Gasteiger partial charge in [0.05, 0.1) is 24.7 Å². The van der Waals surface area contributed by atoms with Crippen LogP contribution in [-0.2, 0) is 14.3 Å². The summed E-state index contributed by atoms with van der Waals surface area (Å²) in [4.78, 5) is 34.2. The van der Waals surface area contributed by atoms with E-state index in [1.807, 2.05) is 0 Å². The molecule has 0 spiro atoms. The van der Waals surface area contributed by atoms with Crippen LogP contribution in [0.15, 0.2) is 12.1 Å². The molecule has 0 radical (unpaired) electrons. The summed E-state index contributed by atoms with van der Waals surface area (Å²) in [6, 6.07) is 2.22. The predicted molar refractivity (Wildman–Crippen MR) is 86.9 cm³/mol. The van der Waals surface area contributed by atoms with Crippen molar-refractivity contribution in [3.05, 3.63) is 27.8 Å². The van der Waals surface area contributed by atoms with Gasteiger partial charge in [0, 0.05) is 6.07 Å². The van der Waals surface area contributed by atoms with Gasteiger partial charge in [0.1, 0.15) is 11.2 Å². The maximum Gasteiger partial charge on any atom is 0.345 e. The minimum absolute atomic E-state index is 0.125. The maximum absolute atomic E-state index is 12.1. The number of nitrogens with zero attached hydrogens (tertiary/aromatic N) is 1. The largest absolute Gasteiger partial charge is 0.493 e. The quantitative estimate of drug-likeness (QED) is 0.416. The second kappa shape index (κ2) is 8.32. The van der Waals surface area contributed by atoms with Gasteiger partial charge in [-0.3, -0.25) is 10.1 Å². The lowest BCUT2D eigenvalue weighted by molar-refractivity contribution is -0.385. The molecule has 9 nitrogen and oxygen atoms in total. The van der Waals surface area contributed by atoms with Gasteiger partial charge in [-0.1, -0.05) is 0 Å². The molecule has 0 saturated heterocycles. The number of benzene rings is 1. The summed E-state index contributed by atoms with van der Waals surface area (Å²) in [5.41, 5.74) is -1.61. The summed E-state index contributed by atoms with van der Waals surface area (Å²) >= 11 is 0. The number of nitro benzene ring substituents is 1. The first-order valence-corrected chi connectivity index (χ1v) is 7.47. The smallest absolute Gasteiger partial charge is 0.345 e. The molecule has 0 amide bonds. The van der Waals surface area contributed by atoms with Crippen LogP contribution < -0.4 is 9.47 Å². The number of methoxy groups -OCH3 is 1. The molecule has 1 aromatic carbocycles. The van der Waals surface area contributed by atoms with Crippen LogP contribution >= 0.6 is 0 Å². The van der Waals surface area contributed by atoms with E-state index < -0.39 is 34.8 Å². The Kier molecular flexibility index (Phi) is 6.72. The van der Waals surface area contributed by atoms with Crippen molar-refractivity contribution >= 4 is 17.6 Å². The summed E-state index contributed by atoms with van der Waals surface area (Å²) < 4.78 is 20.1. The molecule has 0 atom stereocenters. The Hall–Kier alpha value is -2.84. The molecule has 138 valence electrons. The lowest BCUT2D eigenvalue weighted by Crippen LogP contribution is -2.27. The van der Waals surface area contributed by atoms with Crippen molar-refractivity contribution in [3.8, 4) is 11.5 Å². The number of hydrogen-bond donors (Lipinski definition) is 0. The standard InChI is InChI=1S/C16H21NO8/c1-6-23-13-8-11(17(20)21)10(7-12(13)22-5)15(19)24-9-14(18)25-16(2,3)4/h7-8H,6,9H2,1-5H3. The van der Waals surface area contributed by atoms with E-state index in [1.165, 1.54) is 7.11 Å². The molecule has 0 heterocycles. The Morgan fingerprint density at radius 2 is 1.84 bits per heavy atom. The molecule has 0 aliphatic carbocycles. The monoisotopic (exact) mass is 355 g/mol. The first-order valence-electron chi connectivity index (χ1n) is 7.47. The Bertz CT molecular complexity index is 663. The Labute approximate surface area is 145 Å². The Balaban J connectivity index is 3.03. The number of carbonyl (C=O) groups excluding carboxylic acids is 2. The van der Waals surface area contributed by atoms with Crippen LogP contribution in [0.4, 0.5) is 5.69 Å². The van der Waals surface area contributed by atoms with Gasteiger partial charge in [0.2, 0.25) is 0 Å². The van der Waals surface area contributed by atoms with Gasteiger partial charge in [-0.05, 0) is 27.7 Å². The van der Waals surface area contributed by atoms with Gasteiger partial charge in [-0.25, -0.2) is 9.59 Å². The van der Waals surface area contributed by atoms with Crippen LogP contribution in [-0.4, -0.2) is 42.8 Å². The molecule has 0 N–H and O–H groups in total. The number of carbonyl (C=O) groups is 2. The molecule has 0 unspecified atom stereocenters. The van der Waals surface area contributed by atoms with Gasteiger partial charge in [0.15, 0.2) is 18.1 Å². The molecule has 0 aromatic heterocycles. The lowest BCUT2D eigenvalue weighted by Gasteiger charge is -2.19. The van der Waals surface area contributed by atoms with Gasteiger partial charge >= 0.3 is 11.9 Å². The van der Waals surface area contributed by atoms with E-state index in [0.29, 0.717) is 0 Å². The molecule has 0 aliphatic heterocycles. The average molecular weight is 355 g/mol. The van der Waals surface area contributed by atoms with Crippen LogP contribution in [0.25, 0.3) is 0 Å². The van der Waals surface area contributed by atoms with E-state index in [2.05, 4.69) is 0 Å². The Morgan fingerprint density at radius 1 is 1.20 bits per heavy atom. The molecular formula is C16H21NO8. The van der Waals surface area contributed by atoms with Crippen molar-refractivity contribution in [1.29, 1.82) is 0 Å². The summed E-state index contributed by atoms with van der Waals surface area (Å²) in [6.45, 7) is 6.28. The normalized spacial score (nSPS) is 10.8. The zero-order valence-electron chi connectivity index (χ0n) is 14.8. The minimum Gasteiger partial charge on any atom is -0.493 e. The van der Waals surface area contributed by atoms with E-state index in [-0.39, 0.29) is 23.7 Å². The van der Waals surface area contributed by atoms with Crippen LogP contribution in [0.1, 0.15) is 38.1 Å². The molecule has 1 rings (SSSR count). The highest BCUT2D eigenvalue weighted by atomic mass is 16.6. The van der Waals surface area contributed by atoms with Crippen molar-refractivity contribution in [2.75, 3.05) is 20.3 Å². The highest BCUT2D eigenvalue weighted by Crippen LogP contribution is 2.35. The van der Waals surface area contributed by atoms with Gasteiger partial charge in [0.25, 0.3) is 5.69 Å². The number of esters is 2. The van der Waals surface area contributed by atoms with Crippen molar-refractivity contribution in [3.63, 3.8) is 0 Å². The summed E-state index contributed by atoms with van der Waals surface area (Å²) in [6.07, 6.45) is 0. The topological polar surface area (TPSA) is 114 Å². The molecule has 0 bridgehead atoms. The van der Waals surface area contributed by atoms with E-state index >= 15 is 0 Å². The second-order valence-corrected chi connectivity index (χ2v) is 5.87. The van der Waals surface area contributed by atoms with Crippen molar-refractivity contribution in [2.24, 2.45) is 0 Å². The highest BCUT2D eigenvalue weighted by molar-refractivity contribution is 5.96. The van der Waals surface area contributed by atoms with Crippen LogP contribution in [0, 0.1) is 10.1 Å². The fourth-order valence-corrected chi connectivity index (χ4v) is 1.86. The van der Waals surface area contributed by atoms with E-state index in [4.69, 9.17) is 18.9 Å². The number of nitro groups is 1. The second-order valence-electron chi connectivity index (χ2n) is 5.87. The zero-order valence-corrected chi connectivity index (χ0v) is 14.8. The summed E-state index contributed by atoms with van der Waals surface area (Å²) in [5.74, 6) is -1.54. The van der Waals surface area contributed by atoms with Crippen molar-refractivity contribution < 1.29 is 33.5 Å². The van der Waals surface area contributed by atoms with Gasteiger partial charge < -0.3 is 18.9 Å². The van der Waals surface area contributed by atoms with Crippen LogP contribution in [0.5, 0.6) is 11.5 Å². The molecule has 9 heteroatoms. The summed E-state index contributed by atoms with van der Waals surface area (Å²) in [5, 5.41) is 11.2. The van der Waals surface area contributed by atoms with Crippen molar-refractivity contribution in [2.45, 2.75) is 33.3 Å². The van der Waals surface area contributed by atoms with Crippen LogP contribution in [0.3, 0.4) is 0 Å². The van der Waals surface area contributed by atoms with Gasteiger partial charge in [-0.15, -0.1) is 0 Å². The fourth-order valence-electron chi connectivity index (χ4n) is 1.86. The third-order valence-electron chi connectivity index (χ3n) is 2.74. The molecule has 0 aliphatic rings. The third-order valence-corrected chi connectivity index (χ3v) is 2.74. The first-order chi connectivity index (χ1) is 11.6. The fraction of sp³-hybridized carbons (Fsp3) is 0.500. The first kappa shape index (κ1) is 20.2. The van der Waals surface area contributed by atoms with E-state index in [9.17, 15) is 19.7 Å². The summed E-state index contributed by atoms with van der Waals surface area (Å²) in [7, 11) is 1.33. The minimum atomic E-state index is -1.04. The third kappa shape index (κ3) is 5.94. The van der Waals surface area contributed by atoms with Crippen molar-refractivity contribution in [1.82, 2.24) is 0 Å². The zero-order chi connectivity index (χ0) is 19.2. The molecule has 0 saturated carbocycles. The molecule has 1 aromatic rings. The number of hydrogen-bond acceptors (Lipinski definition) is 8. The predicted octanol–water partition coefficient (Wildman–Crippen LogP) is 2.50.